The van der Waals surface area contributed by atoms with E-state index in [2.05, 4.69) is 4.98 Å². The SMILES string of the molecule is COc1cccc(C(=O)N(Cc2cnc(S(=O)(=O)Cc3ccccc3)n2C2CCCCC2)C(C)C)c1. The molecule has 4 rings (SSSR count). The second kappa shape index (κ2) is 11.3. The van der Waals surface area contributed by atoms with Crippen LogP contribution in [-0.2, 0) is 22.1 Å². The minimum Gasteiger partial charge on any atom is -0.497 e. The Balaban J connectivity index is 1.70. The summed E-state index contributed by atoms with van der Waals surface area (Å²) in [5, 5.41) is 0.103. The number of hydrogen-bond acceptors (Lipinski definition) is 5. The Hall–Kier alpha value is -3.13. The fourth-order valence-electron chi connectivity index (χ4n) is 4.90. The molecule has 0 N–H and O–H groups in total. The monoisotopic (exact) mass is 509 g/mol. The van der Waals surface area contributed by atoms with Crippen molar-refractivity contribution in [3.63, 3.8) is 0 Å². The molecule has 1 saturated carbocycles. The van der Waals surface area contributed by atoms with Crippen molar-refractivity contribution in [2.24, 2.45) is 0 Å². The van der Waals surface area contributed by atoms with E-state index in [1.807, 2.05) is 48.7 Å². The van der Waals surface area contributed by atoms with Gasteiger partial charge in [-0.05, 0) is 50.5 Å². The summed E-state index contributed by atoms with van der Waals surface area (Å²) in [6.45, 7) is 4.21. The maximum absolute atomic E-state index is 13.5. The van der Waals surface area contributed by atoms with Crippen molar-refractivity contribution >= 4 is 15.7 Å². The third-order valence-corrected chi connectivity index (χ3v) is 8.36. The second-order valence-electron chi connectivity index (χ2n) is 9.70. The van der Waals surface area contributed by atoms with Crippen LogP contribution in [0, 0.1) is 0 Å². The van der Waals surface area contributed by atoms with E-state index in [9.17, 15) is 13.2 Å². The topological polar surface area (TPSA) is 81.5 Å². The molecule has 1 fully saturated rings. The Morgan fingerprint density at radius 1 is 1.08 bits per heavy atom. The van der Waals surface area contributed by atoms with E-state index < -0.39 is 9.84 Å². The van der Waals surface area contributed by atoms with Gasteiger partial charge in [-0.3, -0.25) is 4.79 Å². The zero-order valence-corrected chi connectivity index (χ0v) is 22.1. The van der Waals surface area contributed by atoms with Crippen molar-refractivity contribution in [3.8, 4) is 5.75 Å². The first kappa shape index (κ1) is 25.9. The molecule has 7 nitrogen and oxygen atoms in total. The van der Waals surface area contributed by atoms with E-state index in [1.165, 1.54) is 0 Å². The second-order valence-corrected chi connectivity index (χ2v) is 11.6. The molecule has 1 aliphatic rings. The number of ether oxygens (including phenoxy) is 1. The van der Waals surface area contributed by atoms with Gasteiger partial charge < -0.3 is 14.2 Å². The number of rotatable bonds is 9. The Bertz CT molecular complexity index is 1280. The van der Waals surface area contributed by atoms with Gasteiger partial charge in [0.05, 0.1) is 31.3 Å². The highest BCUT2D eigenvalue weighted by molar-refractivity contribution is 7.90. The summed E-state index contributed by atoms with van der Waals surface area (Å²) >= 11 is 0. The van der Waals surface area contributed by atoms with Crippen LogP contribution in [0.15, 0.2) is 66.0 Å². The summed E-state index contributed by atoms with van der Waals surface area (Å²) < 4.78 is 34.3. The number of sulfone groups is 1. The molecule has 1 aromatic heterocycles. The number of hydrogen-bond donors (Lipinski definition) is 0. The minimum absolute atomic E-state index is 0.0535. The lowest BCUT2D eigenvalue weighted by Gasteiger charge is -2.30. The van der Waals surface area contributed by atoms with Crippen LogP contribution in [-0.4, -0.2) is 41.9 Å². The number of nitrogens with zero attached hydrogens (tertiary/aromatic N) is 3. The van der Waals surface area contributed by atoms with Crippen LogP contribution in [0.25, 0.3) is 0 Å². The Morgan fingerprint density at radius 3 is 2.47 bits per heavy atom. The molecule has 3 aromatic rings. The molecule has 0 aliphatic heterocycles. The van der Waals surface area contributed by atoms with Crippen LogP contribution >= 0.6 is 0 Å². The standard InChI is InChI=1S/C28H35N3O4S/c1-21(2)30(27(32)23-13-10-16-26(17-23)35-3)19-25-18-29-28(31(25)24-14-8-5-9-15-24)36(33,34)20-22-11-6-4-7-12-22/h4,6-7,10-13,16-18,21,24H,5,8-9,14-15,19-20H2,1-3H3. The van der Waals surface area contributed by atoms with Crippen LogP contribution in [0.1, 0.15) is 73.6 Å². The molecule has 1 heterocycles. The Kier molecular flexibility index (Phi) is 8.14. The predicted octanol–water partition coefficient (Wildman–Crippen LogP) is 5.42. The molecule has 0 spiro atoms. The van der Waals surface area contributed by atoms with Crippen LogP contribution in [0.2, 0.25) is 0 Å². The number of imidazole rings is 1. The Morgan fingerprint density at radius 2 is 1.81 bits per heavy atom. The average molecular weight is 510 g/mol. The van der Waals surface area contributed by atoms with Crippen molar-refractivity contribution in [1.29, 1.82) is 0 Å². The van der Waals surface area contributed by atoms with Crippen molar-refractivity contribution in [2.75, 3.05) is 7.11 Å². The first-order valence-electron chi connectivity index (χ1n) is 12.6. The quantitative estimate of drug-likeness (QED) is 0.385. The molecular formula is C28H35N3O4S. The summed E-state index contributed by atoms with van der Waals surface area (Å²) in [6, 6.07) is 16.3. The first-order valence-corrected chi connectivity index (χ1v) is 14.2. The van der Waals surface area contributed by atoms with Gasteiger partial charge in [-0.25, -0.2) is 13.4 Å². The summed E-state index contributed by atoms with van der Waals surface area (Å²) in [4.78, 5) is 19.7. The molecule has 1 amide bonds. The largest absolute Gasteiger partial charge is 0.497 e. The molecule has 0 unspecified atom stereocenters. The molecule has 0 saturated heterocycles. The maximum atomic E-state index is 13.5. The van der Waals surface area contributed by atoms with Gasteiger partial charge >= 0.3 is 0 Å². The molecular weight excluding hydrogens is 474 g/mol. The van der Waals surface area contributed by atoms with Gasteiger partial charge in [0.25, 0.3) is 5.91 Å². The normalized spacial score (nSPS) is 14.7. The fourth-order valence-corrected chi connectivity index (χ4v) is 6.44. The smallest absolute Gasteiger partial charge is 0.254 e. The third kappa shape index (κ3) is 5.81. The van der Waals surface area contributed by atoms with Crippen LogP contribution in [0.5, 0.6) is 5.75 Å². The molecule has 0 atom stereocenters. The van der Waals surface area contributed by atoms with Crippen molar-refractivity contribution in [1.82, 2.24) is 14.5 Å². The van der Waals surface area contributed by atoms with E-state index in [0.717, 1.165) is 43.4 Å². The fraction of sp³-hybridized carbons (Fsp3) is 0.429. The number of methoxy groups -OCH3 is 1. The lowest BCUT2D eigenvalue weighted by molar-refractivity contribution is 0.0683. The number of carbonyl (C=O) groups excluding carboxylic acids is 1. The molecule has 1 aliphatic carbocycles. The summed E-state index contributed by atoms with van der Waals surface area (Å²) in [6.07, 6.45) is 6.71. The molecule has 8 heteroatoms. The first-order chi connectivity index (χ1) is 17.3. The number of carbonyl (C=O) groups is 1. The van der Waals surface area contributed by atoms with Gasteiger partial charge in [-0.1, -0.05) is 55.7 Å². The number of benzene rings is 2. The highest BCUT2D eigenvalue weighted by Crippen LogP contribution is 2.33. The van der Waals surface area contributed by atoms with Crippen LogP contribution in [0.4, 0.5) is 0 Å². The lowest BCUT2D eigenvalue weighted by Crippen LogP contribution is -2.37. The summed E-state index contributed by atoms with van der Waals surface area (Å²) in [7, 11) is -2.10. The maximum Gasteiger partial charge on any atom is 0.254 e. The van der Waals surface area contributed by atoms with E-state index in [0.29, 0.717) is 11.3 Å². The average Bonchev–Trinajstić information content (AvgIpc) is 3.32. The molecule has 36 heavy (non-hydrogen) atoms. The van der Waals surface area contributed by atoms with Gasteiger partial charge in [0, 0.05) is 17.6 Å². The van der Waals surface area contributed by atoms with Gasteiger partial charge in [0.2, 0.25) is 15.0 Å². The lowest BCUT2D eigenvalue weighted by atomic mass is 9.95. The molecule has 0 bridgehead atoms. The molecule has 2 aromatic carbocycles. The molecule has 0 radical (unpaired) electrons. The van der Waals surface area contributed by atoms with Crippen LogP contribution in [0.3, 0.4) is 0 Å². The molecule has 192 valence electrons. The van der Waals surface area contributed by atoms with Gasteiger partial charge in [0.1, 0.15) is 5.75 Å². The zero-order valence-electron chi connectivity index (χ0n) is 21.3. The van der Waals surface area contributed by atoms with Crippen LogP contribution < -0.4 is 4.74 Å². The highest BCUT2D eigenvalue weighted by Gasteiger charge is 2.31. The minimum atomic E-state index is -3.68. The van der Waals surface area contributed by atoms with E-state index in [-0.39, 0.29) is 35.4 Å². The van der Waals surface area contributed by atoms with E-state index in [4.69, 9.17) is 4.74 Å². The van der Waals surface area contributed by atoms with Gasteiger partial charge in [-0.2, -0.15) is 0 Å². The number of aromatic nitrogens is 2. The Labute approximate surface area is 214 Å². The van der Waals surface area contributed by atoms with Gasteiger partial charge in [0.15, 0.2) is 0 Å². The van der Waals surface area contributed by atoms with E-state index in [1.54, 1.807) is 42.5 Å². The predicted molar refractivity (Wildman–Crippen MR) is 140 cm³/mol. The summed E-state index contributed by atoms with van der Waals surface area (Å²) in [5.41, 5.74) is 2.01. The van der Waals surface area contributed by atoms with Crippen molar-refractivity contribution in [2.45, 2.75) is 75.5 Å². The van der Waals surface area contributed by atoms with Crippen molar-refractivity contribution < 1.29 is 17.9 Å². The third-order valence-electron chi connectivity index (χ3n) is 6.79. The van der Waals surface area contributed by atoms with Crippen molar-refractivity contribution in [3.05, 3.63) is 77.6 Å². The number of amides is 1. The highest BCUT2D eigenvalue weighted by atomic mass is 32.2. The summed E-state index contributed by atoms with van der Waals surface area (Å²) in [5.74, 6) is 0.383. The zero-order chi connectivity index (χ0) is 25.7. The van der Waals surface area contributed by atoms with E-state index >= 15 is 0 Å². The van der Waals surface area contributed by atoms with Gasteiger partial charge in [-0.15, -0.1) is 0 Å².